The molecule has 0 spiro atoms. The van der Waals surface area contributed by atoms with Crippen LogP contribution < -0.4 is 5.32 Å². The van der Waals surface area contributed by atoms with Gasteiger partial charge in [-0.25, -0.2) is 0 Å². The first kappa shape index (κ1) is 21.9. The molecule has 0 aliphatic rings. The highest BCUT2D eigenvalue weighted by Crippen LogP contribution is 2.23. The molecule has 1 amide bonds. The van der Waals surface area contributed by atoms with Crippen LogP contribution in [0.25, 0.3) is 0 Å². The van der Waals surface area contributed by atoms with Gasteiger partial charge in [0.05, 0.1) is 15.8 Å². The topological polar surface area (TPSA) is 50.7 Å². The fraction of sp³-hybridized carbons (Fsp3) is 0.167. The molecule has 0 aliphatic heterocycles. The molecule has 0 aromatic heterocycles. The fourth-order valence-electron chi connectivity index (χ4n) is 3.06. The van der Waals surface area contributed by atoms with Crippen molar-refractivity contribution in [1.82, 2.24) is 0 Å². The van der Waals surface area contributed by atoms with Crippen LogP contribution in [-0.4, -0.2) is 18.7 Å². The third kappa shape index (κ3) is 5.85. The van der Waals surface area contributed by atoms with Gasteiger partial charge in [-0.3, -0.25) is 4.79 Å². The first-order valence-electron chi connectivity index (χ1n) is 9.45. The number of rotatable bonds is 7. The lowest BCUT2D eigenvalue weighted by Crippen LogP contribution is -2.13. The number of para-hydroxylation sites is 1. The minimum atomic E-state index is -0.141. The van der Waals surface area contributed by atoms with E-state index in [2.05, 4.69) is 10.5 Å². The van der Waals surface area contributed by atoms with E-state index in [-0.39, 0.29) is 5.91 Å². The maximum atomic E-state index is 12.5. The van der Waals surface area contributed by atoms with Crippen LogP contribution in [0.2, 0.25) is 10.0 Å². The van der Waals surface area contributed by atoms with Crippen LogP contribution in [0.4, 0.5) is 5.69 Å². The molecule has 0 saturated heterocycles. The monoisotopic (exact) mass is 440 g/mol. The number of oxime groups is 1. The lowest BCUT2D eigenvalue weighted by atomic mass is 10.0. The number of amides is 1. The van der Waals surface area contributed by atoms with Gasteiger partial charge in [0.15, 0.2) is 0 Å². The molecule has 0 unspecified atom stereocenters. The van der Waals surface area contributed by atoms with Gasteiger partial charge in [-0.2, -0.15) is 0 Å². The molecule has 0 saturated carbocycles. The average Bonchev–Trinajstić information content (AvgIpc) is 2.73. The van der Waals surface area contributed by atoms with E-state index in [1.165, 1.54) is 7.11 Å². The Balaban J connectivity index is 1.68. The second-order valence-electron chi connectivity index (χ2n) is 6.91. The molecule has 154 valence electrons. The SMILES string of the molecule is CO/N=C(\Cc1ccc(C(=O)Nc2ccccc2C)cc1)Cc1ccc(Cl)c(Cl)c1. The molecule has 30 heavy (non-hydrogen) atoms. The van der Waals surface area contributed by atoms with E-state index in [9.17, 15) is 4.79 Å². The summed E-state index contributed by atoms with van der Waals surface area (Å²) < 4.78 is 0. The van der Waals surface area contributed by atoms with Gasteiger partial charge in [0.1, 0.15) is 7.11 Å². The predicted molar refractivity (Wildman–Crippen MR) is 124 cm³/mol. The number of benzene rings is 3. The summed E-state index contributed by atoms with van der Waals surface area (Å²) in [4.78, 5) is 17.5. The molecule has 0 bridgehead atoms. The van der Waals surface area contributed by atoms with Gasteiger partial charge < -0.3 is 10.2 Å². The number of anilines is 1. The van der Waals surface area contributed by atoms with Crippen LogP contribution in [0.15, 0.2) is 71.9 Å². The van der Waals surface area contributed by atoms with E-state index in [1.807, 2.05) is 67.6 Å². The van der Waals surface area contributed by atoms with Crippen LogP contribution in [-0.2, 0) is 17.7 Å². The molecule has 0 radical (unpaired) electrons. The zero-order valence-electron chi connectivity index (χ0n) is 16.8. The number of carbonyl (C=O) groups excluding carboxylic acids is 1. The summed E-state index contributed by atoms with van der Waals surface area (Å²) in [6.07, 6.45) is 1.17. The Kier molecular flexibility index (Phi) is 7.50. The number of carbonyl (C=O) groups is 1. The van der Waals surface area contributed by atoms with Crippen molar-refractivity contribution in [1.29, 1.82) is 0 Å². The Morgan fingerprint density at radius 3 is 2.27 bits per heavy atom. The Labute approximate surface area is 186 Å². The third-order valence-corrected chi connectivity index (χ3v) is 5.37. The van der Waals surface area contributed by atoms with Gasteiger partial charge in [0.25, 0.3) is 5.91 Å². The highest BCUT2D eigenvalue weighted by atomic mass is 35.5. The van der Waals surface area contributed by atoms with E-state index in [0.717, 1.165) is 28.1 Å². The quantitative estimate of drug-likeness (QED) is 0.344. The molecule has 0 aliphatic carbocycles. The molecule has 0 heterocycles. The van der Waals surface area contributed by atoms with Crippen molar-refractivity contribution in [3.05, 3.63) is 99.0 Å². The van der Waals surface area contributed by atoms with E-state index in [0.29, 0.717) is 28.5 Å². The maximum Gasteiger partial charge on any atom is 0.255 e. The Hall–Kier alpha value is -2.82. The van der Waals surface area contributed by atoms with Gasteiger partial charge in [0.2, 0.25) is 0 Å². The van der Waals surface area contributed by atoms with E-state index in [1.54, 1.807) is 6.07 Å². The molecule has 4 nitrogen and oxygen atoms in total. The second-order valence-corrected chi connectivity index (χ2v) is 7.72. The normalized spacial score (nSPS) is 11.3. The van der Waals surface area contributed by atoms with Crippen molar-refractivity contribution in [2.24, 2.45) is 5.16 Å². The van der Waals surface area contributed by atoms with Crippen molar-refractivity contribution >= 4 is 40.5 Å². The number of hydrogen-bond donors (Lipinski definition) is 1. The third-order valence-electron chi connectivity index (χ3n) is 4.63. The van der Waals surface area contributed by atoms with E-state index in [4.69, 9.17) is 28.0 Å². The van der Waals surface area contributed by atoms with Gasteiger partial charge in [-0.05, 0) is 53.9 Å². The predicted octanol–water partition coefficient (Wildman–Crippen LogP) is 6.34. The molecule has 0 fully saturated rings. The molecule has 1 N–H and O–H groups in total. The van der Waals surface area contributed by atoms with Crippen molar-refractivity contribution in [2.75, 3.05) is 12.4 Å². The molecular weight excluding hydrogens is 419 g/mol. The van der Waals surface area contributed by atoms with Gasteiger partial charge in [-0.1, -0.05) is 64.8 Å². The Bertz CT molecular complexity index is 1060. The molecule has 3 aromatic rings. The van der Waals surface area contributed by atoms with Crippen LogP contribution in [0.3, 0.4) is 0 Å². The average molecular weight is 441 g/mol. The van der Waals surface area contributed by atoms with E-state index >= 15 is 0 Å². The number of nitrogens with zero attached hydrogens (tertiary/aromatic N) is 1. The van der Waals surface area contributed by atoms with Crippen LogP contribution in [0, 0.1) is 6.92 Å². The van der Waals surface area contributed by atoms with E-state index < -0.39 is 0 Å². The van der Waals surface area contributed by atoms with Crippen LogP contribution >= 0.6 is 23.2 Å². The maximum absolute atomic E-state index is 12.5. The molecule has 3 aromatic carbocycles. The first-order chi connectivity index (χ1) is 14.5. The molecular formula is C24H22Cl2N2O2. The molecule has 3 rings (SSSR count). The summed E-state index contributed by atoms with van der Waals surface area (Å²) in [5, 5.41) is 8.12. The summed E-state index contributed by atoms with van der Waals surface area (Å²) in [6.45, 7) is 1.96. The standard InChI is InChI=1S/C24H22Cl2N2O2/c1-16-5-3-4-6-23(16)27-24(29)19-10-7-17(8-11-19)13-20(28-30-2)14-18-9-12-21(25)22(26)15-18/h3-12,15H,13-14H2,1-2H3,(H,27,29)/b28-20+. The zero-order chi connectivity index (χ0) is 21.5. The molecule has 0 atom stereocenters. The van der Waals surface area contributed by atoms with Gasteiger partial charge >= 0.3 is 0 Å². The smallest absolute Gasteiger partial charge is 0.255 e. The lowest BCUT2D eigenvalue weighted by molar-refractivity contribution is 0.102. The van der Waals surface area contributed by atoms with Crippen LogP contribution in [0.1, 0.15) is 27.0 Å². The summed E-state index contributed by atoms with van der Waals surface area (Å²) in [5.74, 6) is -0.141. The van der Waals surface area contributed by atoms with Crippen molar-refractivity contribution < 1.29 is 9.63 Å². The van der Waals surface area contributed by atoms with Crippen LogP contribution in [0.5, 0.6) is 0 Å². The van der Waals surface area contributed by atoms with Crippen molar-refractivity contribution in [3.8, 4) is 0 Å². The lowest BCUT2D eigenvalue weighted by Gasteiger charge is -2.10. The summed E-state index contributed by atoms with van der Waals surface area (Å²) in [7, 11) is 1.52. The summed E-state index contributed by atoms with van der Waals surface area (Å²) in [6, 6.07) is 20.7. The molecule has 6 heteroatoms. The highest BCUT2D eigenvalue weighted by Gasteiger charge is 2.10. The highest BCUT2D eigenvalue weighted by molar-refractivity contribution is 6.42. The largest absolute Gasteiger partial charge is 0.399 e. The minimum Gasteiger partial charge on any atom is -0.399 e. The number of hydrogen-bond acceptors (Lipinski definition) is 3. The number of nitrogens with one attached hydrogen (secondary N) is 1. The number of halogens is 2. The summed E-state index contributed by atoms with van der Waals surface area (Å²) >= 11 is 12.1. The first-order valence-corrected chi connectivity index (χ1v) is 10.2. The Morgan fingerprint density at radius 1 is 0.933 bits per heavy atom. The zero-order valence-corrected chi connectivity index (χ0v) is 18.3. The number of aryl methyl sites for hydroxylation is 1. The van der Waals surface area contributed by atoms with Crippen molar-refractivity contribution in [3.63, 3.8) is 0 Å². The summed E-state index contributed by atoms with van der Waals surface area (Å²) in [5.41, 5.74) is 5.28. The fourth-order valence-corrected chi connectivity index (χ4v) is 3.38. The van der Waals surface area contributed by atoms with Gasteiger partial charge in [-0.15, -0.1) is 0 Å². The minimum absolute atomic E-state index is 0.141. The Morgan fingerprint density at radius 2 is 1.60 bits per heavy atom. The van der Waals surface area contributed by atoms with Crippen molar-refractivity contribution in [2.45, 2.75) is 19.8 Å². The second kappa shape index (κ2) is 10.3. The van der Waals surface area contributed by atoms with Gasteiger partial charge in [0, 0.05) is 24.1 Å².